The van der Waals surface area contributed by atoms with Gasteiger partial charge >= 0.3 is 5.97 Å². The predicted octanol–water partition coefficient (Wildman–Crippen LogP) is 4.38. The highest BCUT2D eigenvalue weighted by atomic mass is 16.5. The van der Waals surface area contributed by atoms with Gasteiger partial charge in [-0.05, 0) is 55.3 Å². The molecule has 3 aromatic carbocycles. The molecule has 4 rings (SSSR count). The number of hydrogen-bond donors (Lipinski definition) is 1. The number of hydrogen-bond acceptors (Lipinski definition) is 6. The zero-order chi connectivity index (χ0) is 25.5. The zero-order valence-electron chi connectivity index (χ0n) is 20.1. The number of para-hydroxylation sites is 1. The van der Waals surface area contributed by atoms with Gasteiger partial charge in [-0.25, -0.2) is 9.78 Å². The first-order valence-corrected chi connectivity index (χ1v) is 11.5. The van der Waals surface area contributed by atoms with E-state index in [-0.39, 0.29) is 5.78 Å². The van der Waals surface area contributed by atoms with Crippen LogP contribution < -0.4 is 10.1 Å². The van der Waals surface area contributed by atoms with Gasteiger partial charge in [0.1, 0.15) is 5.75 Å². The van der Waals surface area contributed by atoms with Gasteiger partial charge in [-0.2, -0.15) is 0 Å². The maximum atomic E-state index is 13.0. The van der Waals surface area contributed by atoms with Crippen molar-refractivity contribution >= 4 is 28.6 Å². The molecule has 0 saturated carbocycles. The van der Waals surface area contributed by atoms with E-state index in [1.165, 1.54) is 6.92 Å². The van der Waals surface area contributed by atoms with Gasteiger partial charge in [-0.1, -0.05) is 48.5 Å². The summed E-state index contributed by atoms with van der Waals surface area (Å²) < 4.78 is 10.6. The maximum absolute atomic E-state index is 13.0. The number of fused-ring (bicyclic) bond motifs is 1. The lowest BCUT2D eigenvalue weighted by Gasteiger charge is -2.16. The molecule has 1 heterocycles. The summed E-state index contributed by atoms with van der Waals surface area (Å²) in [6, 6.07) is 24.9. The van der Waals surface area contributed by atoms with Gasteiger partial charge in [0.05, 0.1) is 29.9 Å². The van der Waals surface area contributed by atoms with Gasteiger partial charge in [-0.3, -0.25) is 9.59 Å². The lowest BCUT2D eigenvalue weighted by Crippen LogP contribution is -2.43. The lowest BCUT2D eigenvalue weighted by molar-refractivity contribution is -0.128. The van der Waals surface area contributed by atoms with Crippen molar-refractivity contribution in [2.24, 2.45) is 0 Å². The van der Waals surface area contributed by atoms with Gasteiger partial charge < -0.3 is 14.8 Å². The Morgan fingerprint density at radius 3 is 2.31 bits per heavy atom. The standard InChI is InChI=1S/C29H26N2O5/c1-19(32)26(16-20-8-4-3-5-9-20)31-28(33)18-36-29(34)24-17-27(21-12-14-22(35-2)15-13-21)30-25-11-7-6-10-23(24)25/h3-15,17,26H,16,18H2,1-2H3,(H,31,33). The molecule has 1 atom stereocenters. The first-order valence-electron chi connectivity index (χ1n) is 11.5. The number of nitrogens with one attached hydrogen (secondary N) is 1. The topological polar surface area (TPSA) is 94.6 Å². The minimum Gasteiger partial charge on any atom is -0.497 e. The highest BCUT2D eigenvalue weighted by Crippen LogP contribution is 2.26. The lowest BCUT2D eigenvalue weighted by atomic mass is 10.0. The second-order valence-electron chi connectivity index (χ2n) is 8.30. The normalized spacial score (nSPS) is 11.5. The van der Waals surface area contributed by atoms with Crippen LogP contribution in [0.1, 0.15) is 22.8 Å². The Balaban J connectivity index is 1.49. The summed E-state index contributed by atoms with van der Waals surface area (Å²) in [4.78, 5) is 42.3. The molecule has 0 spiro atoms. The van der Waals surface area contributed by atoms with Gasteiger partial charge in [0.25, 0.3) is 5.91 Å². The molecule has 0 aliphatic heterocycles. The van der Waals surface area contributed by atoms with Crippen molar-refractivity contribution in [2.75, 3.05) is 13.7 Å². The van der Waals surface area contributed by atoms with Crippen LogP contribution in [0.3, 0.4) is 0 Å². The largest absolute Gasteiger partial charge is 0.497 e. The number of rotatable bonds is 9. The average molecular weight is 483 g/mol. The summed E-state index contributed by atoms with van der Waals surface area (Å²) in [6.45, 7) is 0.912. The fourth-order valence-corrected chi connectivity index (χ4v) is 3.84. The minimum atomic E-state index is -0.706. The Morgan fingerprint density at radius 1 is 0.917 bits per heavy atom. The Morgan fingerprint density at radius 2 is 1.61 bits per heavy atom. The van der Waals surface area contributed by atoms with E-state index in [1.807, 2.05) is 72.8 Å². The average Bonchev–Trinajstić information content (AvgIpc) is 2.91. The number of aromatic nitrogens is 1. The number of carbonyl (C=O) groups excluding carboxylic acids is 3. The van der Waals surface area contributed by atoms with E-state index in [1.54, 1.807) is 19.2 Å². The molecule has 7 heteroatoms. The van der Waals surface area contributed by atoms with Crippen molar-refractivity contribution in [1.29, 1.82) is 0 Å². The van der Waals surface area contributed by atoms with Gasteiger partial charge in [-0.15, -0.1) is 0 Å². The van der Waals surface area contributed by atoms with E-state index in [0.717, 1.165) is 11.1 Å². The fraction of sp³-hybridized carbons (Fsp3) is 0.172. The van der Waals surface area contributed by atoms with Crippen molar-refractivity contribution in [2.45, 2.75) is 19.4 Å². The highest BCUT2D eigenvalue weighted by molar-refractivity contribution is 6.05. The molecule has 0 saturated heterocycles. The summed E-state index contributed by atoms with van der Waals surface area (Å²) in [5.74, 6) is -0.668. The van der Waals surface area contributed by atoms with E-state index in [0.29, 0.717) is 34.3 Å². The van der Waals surface area contributed by atoms with E-state index in [4.69, 9.17) is 9.47 Å². The van der Waals surface area contributed by atoms with Gasteiger partial charge in [0.15, 0.2) is 12.4 Å². The molecule has 4 aromatic rings. The molecule has 7 nitrogen and oxygen atoms in total. The molecular weight excluding hydrogens is 456 g/mol. The number of esters is 1. The Hall–Kier alpha value is -4.52. The van der Waals surface area contributed by atoms with Gasteiger partial charge in [0, 0.05) is 10.9 Å². The molecule has 0 aliphatic carbocycles. The summed E-state index contributed by atoms with van der Waals surface area (Å²) in [6.07, 6.45) is 0.357. The van der Waals surface area contributed by atoms with Crippen LogP contribution in [0.5, 0.6) is 5.75 Å². The number of Topliss-reactive ketones (excluding diaryl/α,β-unsaturated/α-hetero) is 1. The van der Waals surface area contributed by atoms with Crippen LogP contribution in [0, 0.1) is 0 Å². The van der Waals surface area contributed by atoms with Crippen molar-refractivity contribution in [3.8, 4) is 17.0 Å². The Labute approximate surface area is 209 Å². The molecule has 0 fully saturated rings. The first kappa shape index (κ1) is 24.6. The van der Waals surface area contributed by atoms with Crippen molar-refractivity contribution in [1.82, 2.24) is 10.3 Å². The Kier molecular flexibility index (Phi) is 7.70. The zero-order valence-corrected chi connectivity index (χ0v) is 20.1. The Bertz CT molecular complexity index is 1380. The summed E-state index contributed by atoms with van der Waals surface area (Å²) in [7, 11) is 1.59. The van der Waals surface area contributed by atoms with Crippen LogP contribution >= 0.6 is 0 Å². The van der Waals surface area contributed by atoms with Crippen LogP contribution in [0.15, 0.2) is 84.9 Å². The molecule has 1 aromatic heterocycles. The third-order valence-electron chi connectivity index (χ3n) is 5.76. The number of amides is 1. The third kappa shape index (κ3) is 5.93. The molecular formula is C29H26N2O5. The van der Waals surface area contributed by atoms with E-state index < -0.39 is 24.5 Å². The van der Waals surface area contributed by atoms with Crippen LogP contribution in [-0.2, 0) is 20.7 Å². The molecule has 1 amide bonds. The van der Waals surface area contributed by atoms with E-state index >= 15 is 0 Å². The molecule has 1 unspecified atom stereocenters. The van der Waals surface area contributed by atoms with Crippen LogP contribution in [0.4, 0.5) is 0 Å². The van der Waals surface area contributed by atoms with Crippen LogP contribution in [-0.4, -0.2) is 42.4 Å². The smallest absolute Gasteiger partial charge is 0.339 e. The first-order chi connectivity index (χ1) is 17.4. The van der Waals surface area contributed by atoms with Gasteiger partial charge in [0.2, 0.25) is 0 Å². The number of methoxy groups -OCH3 is 1. The maximum Gasteiger partial charge on any atom is 0.339 e. The SMILES string of the molecule is COc1ccc(-c2cc(C(=O)OCC(=O)NC(Cc3ccccc3)C(C)=O)c3ccccc3n2)cc1. The number of benzene rings is 3. The number of pyridine rings is 1. The second kappa shape index (κ2) is 11.3. The number of carbonyl (C=O) groups is 3. The molecule has 182 valence electrons. The van der Waals surface area contributed by atoms with Crippen molar-refractivity contribution in [3.05, 3.63) is 96.1 Å². The molecule has 0 bridgehead atoms. The predicted molar refractivity (Wildman–Crippen MR) is 137 cm³/mol. The molecule has 1 N–H and O–H groups in total. The highest BCUT2D eigenvalue weighted by Gasteiger charge is 2.20. The number of ether oxygens (including phenoxy) is 2. The summed E-state index contributed by atoms with van der Waals surface area (Å²) in [5.41, 5.74) is 3.24. The van der Waals surface area contributed by atoms with E-state index in [2.05, 4.69) is 10.3 Å². The quantitative estimate of drug-likeness (QED) is 0.356. The van der Waals surface area contributed by atoms with Crippen molar-refractivity contribution in [3.63, 3.8) is 0 Å². The monoisotopic (exact) mass is 482 g/mol. The summed E-state index contributed by atoms with van der Waals surface area (Å²) in [5, 5.41) is 3.28. The molecule has 0 aliphatic rings. The van der Waals surface area contributed by atoms with E-state index in [9.17, 15) is 14.4 Å². The second-order valence-corrected chi connectivity index (χ2v) is 8.30. The number of nitrogens with zero attached hydrogens (tertiary/aromatic N) is 1. The molecule has 0 radical (unpaired) electrons. The number of ketones is 1. The minimum absolute atomic E-state index is 0.178. The summed E-state index contributed by atoms with van der Waals surface area (Å²) >= 11 is 0. The van der Waals surface area contributed by atoms with Crippen LogP contribution in [0.2, 0.25) is 0 Å². The fourth-order valence-electron chi connectivity index (χ4n) is 3.84. The third-order valence-corrected chi connectivity index (χ3v) is 5.76. The molecule has 36 heavy (non-hydrogen) atoms. The van der Waals surface area contributed by atoms with Crippen molar-refractivity contribution < 1.29 is 23.9 Å². The van der Waals surface area contributed by atoms with Crippen LogP contribution in [0.25, 0.3) is 22.2 Å².